The van der Waals surface area contributed by atoms with E-state index in [-0.39, 0.29) is 11.5 Å². The fourth-order valence-corrected chi connectivity index (χ4v) is 3.92. The molecule has 0 heterocycles. The third-order valence-electron chi connectivity index (χ3n) is 5.46. The van der Waals surface area contributed by atoms with Gasteiger partial charge in [-0.15, -0.1) is 0 Å². The van der Waals surface area contributed by atoms with Crippen LogP contribution in [0.25, 0.3) is 16.7 Å². The summed E-state index contributed by atoms with van der Waals surface area (Å²) < 4.78 is 5.79. The third kappa shape index (κ3) is 4.08. The number of hydrogen-bond acceptors (Lipinski definition) is 4. The minimum absolute atomic E-state index is 0.0605. The lowest BCUT2D eigenvalue weighted by atomic mass is 9.96. The zero-order chi connectivity index (χ0) is 20.8. The van der Waals surface area contributed by atoms with E-state index in [9.17, 15) is 15.3 Å². The number of nitriles is 2. The van der Waals surface area contributed by atoms with Crippen LogP contribution in [0.1, 0.15) is 57.1 Å². The summed E-state index contributed by atoms with van der Waals surface area (Å²) in [6, 6.07) is 17.1. The molecule has 0 spiro atoms. The Morgan fingerprint density at radius 3 is 2.34 bits per heavy atom. The fourth-order valence-electron chi connectivity index (χ4n) is 3.92. The van der Waals surface area contributed by atoms with Crippen molar-refractivity contribution >= 4 is 11.5 Å². The first kappa shape index (κ1) is 20.4. The molecule has 0 radical (unpaired) electrons. The molecule has 0 bridgehead atoms. The van der Waals surface area contributed by atoms with Crippen LogP contribution in [0, 0.1) is 28.6 Å². The molecule has 4 nitrogen and oxygen atoms in total. The maximum atomic E-state index is 12.6. The molecule has 0 aromatic heterocycles. The Bertz CT molecular complexity index is 1020. The number of carbonyl (C=O) groups excluding carboxylic acids is 1. The average Bonchev–Trinajstić information content (AvgIpc) is 3.08. The van der Waals surface area contributed by atoms with Crippen molar-refractivity contribution in [2.24, 2.45) is 5.92 Å². The molecule has 2 aromatic carbocycles. The normalized spacial score (nSPS) is 12.3. The first-order valence-electron chi connectivity index (χ1n) is 10.1. The van der Waals surface area contributed by atoms with Crippen LogP contribution in [0.2, 0.25) is 0 Å². The van der Waals surface area contributed by atoms with Gasteiger partial charge in [-0.3, -0.25) is 4.79 Å². The molecule has 1 atom stereocenters. The molecule has 4 heteroatoms. The van der Waals surface area contributed by atoms with Crippen molar-refractivity contribution in [3.63, 3.8) is 0 Å². The van der Waals surface area contributed by atoms with Crippen molar-refractivity contribution in [1.82, 2.24) is 0 Å². The molecule has 146 valence electrons. The van der Waals surface area contributed by atoms with Crippen molar-refractivity contribution in [2.75, 3.05) is 0 Å². The summed E-state index contributed by atoms with van der Waals surface area (Å²) >= 11 is 0. The third-order valence-corrected chi connectivity index (χ3v) is 5.46. The molecule has 29 heavy (non-hydrogen) atoms. The number of hydrogen-bond donors (Lipinski definition) is 0. The summed E-state index contributed by atoms with van der Waals surface area (Å²) in [5.74, 6) is 0.568. The van der Waals surface area contributed by atoms with Crippen molar-refractivity contribution in [1.29, 1.82) is 10.5 Å². The van der Waals surface area contributed by atoms with Gasteiger partial charge in [-0.25, -0.2) is 0 Å². The second-order valence-corrected chi connectivity index (χ2v) is 7.29. The van der Waals surface area contributed by atoms with Gasteiger partial charge in [0.25, 0.3) is 0 Å². The molecule has 0 saturated carbocycles. The van der Waals surface area contributed by atoms with E-state index in [1.807, 2.05) is 42.5 Å². The van der Waals surface area contributed by atoms with Crippen molar-refractivity contribution < 1.29 is 9.53 Å². The monoisotopic (exact) mass is 384 g/mol. The second-order valence-electron chi connectivity index (χ2n) is 7.29. The van der Waals surface area contributed by atoms with Gasteiger partial charge < -0.3 is 4.74 Å². The van der Waals surface area contributed by atoms with Gasteiger partial charge in [0.05, 0.1) is 0 Å². The van der Waals surface area contributed by atoms with Crippen molar-refractivity contribution in [2.45, 2.75) is 46.0 Å². The van der Waals surface area contributed by atoms with E-state index in [1.54, 1.807) is 12.1 Å². The van der Waals surface area contributed by atoms with E-state index < -0.39 is 0 Å². The second kappa shape index (κ2) is 9.22. The Morgan fingerprint density at radius 2 is 1.69 bits per heavy atom. The predicted molar refractivity (Wildman–Crippen MR) is 113 cm³/mol. The van der Waals surface area contributed by atoms with E-state index >= 15 is 0 Å². The van der Waals surface area contributed by atoms with Crippen LogP contribution in [0.3, 0.4) is 0 Å². The molecular formula is C25H24N2O2. The molecule has 0 aliphatic heterocycles. The molecule has 0 amide bonds. The molecule has 1 unspecified atom stereocenters. The SMILES string of the molecule is CCCCC(CC)CC(=O)Oc1cccc2c1-c1ccccc1C2=C(C#N)C#N. The summed E-state index contributed by atoms with van der Waals surface area (Å²) in [5, 5.41) is 18.9. The zero-order valence-corrected chi connectivity index (χ0v) is 16.9. The molecule has 1 aliphatic carbocycles. The molecular weight excluding hydrogens is 360 g/mol. The van der Waals surface area contributed by atoms with Crippen molar-refractivity contribution in [3.05, 3.63) is 59.2 Å². The van der Waals surface area contributed by atoms with Crippen LogP contribution in [-0.4, -0.2) is 5.97 Å². The van der Waals surface area contributed by atoms with Crippen molar-refractivity contribution in [3.8, 4) is 29.0 Å². The Hall–Kier alpha value is -3.37. The smallest absolute Gasteiger partial charge is 0.311 e. The number of nitrogens with zero attached hydrogens (tertiary/aromatic N) is 2. The molecule has 0 fully saturated rings. The Kier molecular flexibility index (Phi) is 6.47. The number of benzene rings is 2. The minimum Gasteiger partial charge on any atom is -0.426 e. The summed E-state index contributed by atoms with van der Waals surface area (Å²) in [6.45, 7) is 4.25. The van der Waals surface area contributed by atoms with Crippen LogP contribution in [0.15, 0.2) is 48.0 Å². The highest BCUT2D eigenvalue weighted by Crippen LogP contribution is 2.49. The molecule has 1 aliphatic rings. The molecule has 3 rings (SSSR count). The van der Waals surface area contributed by atoms with E-state index in [0.717, 1.165) is 47.9 Å². The Balaban J connectivity index is 1.99. The van der Waals surface area contributed by atoms with Crippen LogP contribution in [-0.2, 0) is 4.79 Å². The predicted octanol–water partition coefficient (Wildman–Crippen LogP) is 6.03. The van der Waals surface area contributed by atoms with E-state index in [2.05, 4.69) is 13.8 Å². The maximum Gasteiger partial charge on any atom is 0.311 e. The quantitative estimate of drug-likeness (QED) is 0.283. The number of carbonyl (C=O) groups is 1. The van der Waals surface area contributed by atoms with Gasteiger partial charge in [-0.1, -0.05) is 69.5 Å². The number of unbranched alkanes of at least 4 members (excludes halogenated alkanes) is 1. The molecule has 0 saturated heterocycles. The van der Waals surface area contributed by atoms with E-state index in [0.29, 0.717) is 23.7 Å². The Morgan fingerprint density at radius 1 is 1.00 bits per heavy atom. The summed E-state index contributed by atoms with van der Waals surface area (Å²) in [5.41, 5.74) is 3.89. The van der Waals surface area contributed by atoms with Crippen LogP contribution >= 0.6 is 0 Å². The van der Waals surface area contributed by atoms with Gasteiger partial charge >= 0.3 is 5.97 Å². The highest BCUT2D eigenvalue weighted by atomic mass is 16.5. The van der Waals surface area contributed by atoms with Gasteiger partial charge in [-0.2, -0.15) is 10.5 Å². The van der Waals surface area contributed by atoms with Gasteiger partial charge in [0.15, 0.2) is 0 Å². The van der Waals surface area contributed by atoms with Gasteiger partial charge in [0.1, 0.15) is 23.5 Å². The van der Waals surface area contributed by atoms with E-state index in [4.69, 9.17) is 4.74 Å². The number of fused-ring (bicyclic) bond motifs is 3. The first-order valence-corrected chi connectivity index (χ1v) is 10.1. The summed E-state index contributed by atoms with van der Waals surface area (Å²) in [7, 11) is 0. The van der Waals surface area contributed by atoms with Gasteiger partial charge in [-0.05, 0) is 35.1 Å². The average molecular weight is 384 g/mol. The van der Waals surface area contributed by atoms with Crippen LogP contribution in [0.4, 0.5) is 0 Å². The molecule has 0 N–H and O–H groups in total. The summed E-state index contributed by atoms with van der Waals surface area (Å²) in [4.78, 5) is 12.6. The lowest BCUT2D eigenvalue weighted by Gasteiger charge is -2.15. The maximum absolute atomic E-state index is 12.6. The van der Waals surface area contributed by atoms with Crippen LogP contribution < -0.4 is 4.74 Å². The highest BCUT2D eigenvalue weighted by Gasteiger charge is 2.29. The summed E-state index contributed by atoms with van der Waals surface area (Å²) in [6.07, 6.45) is 4.60. The number of ether oxygens (including phenoxy) is 1. The topological polar surface area (TPSA) is 73.9 Å². The van der Waals surface area contributed by atoms with Gasteiger partial charge in [0.2, 0.25) is 0 Å². The minimum atomic E-state index is -0.239. The fraction of sp³-hybridized carbons (Fsp3) is 0.320. The number of esters is 1. The number of allylic oxidation sites excluding steroid dienone is 1. The lowest BCUT2D eigenvalue weighted by Crippen LogP contribution is -2.14. The van der Waals surface area contributed by atoms with Crippen LogP contribution in [0.5, 0.6) is 5.75 Å². The number of rotatable bonds is 7. The van der Waals surface area contributed by atoms with E-state index in [1.165, 1.54) is 0 Å². The Labute approximate surface area is 172 Å². The highest BCUT2D eigenvalue weighted by molar-refractivity contribution is 6.06. The van der Waals surface area contributed by atoms with Gasteiger partial charge in [0, 0.05) is 17.6 Å². The largest absolute Gasteiger partial charge is 0.426 e. The first-order chi connectivity index (χ1) is 14.1. The lowest BCUT2D eigenvalue weighted by molar-refractivity contribution is -0.135. The zero-order valence-electron chi connectivity index (χ0n) is 16.9. The standard InChI is InChI=1S/C25H24N2O2/c1-3-5-9-17(4-2)14-23(28)29-22-13-8-12-21-24(18(15-26)16-27)19-10-6-7-11-20(19)25(21)22/h6-8,10-13,17H,3-5,9,14H2,1-2H3. The molecule has 2 aromatic rings.